The van der Waals surface area contributed by atoms with Gasteiger partial charge in [0.25, 0.3) is 0 Å². The lowest BCUT2D eigenvalue weighted by Gasteiger charge is -2.11. The van der Waals surface area contributed by atoms with Gasteiger partial charge in [0.15, 0.2) is 6.61 Å². The summed E-state index contributed by atoms with van der Waals surface area (Å²) in [6.07, 6.45) is -4.41. The second-order valence-electron chi connectivity index (χ2n) is 4.16. The maximum absolute atomic E-state index is 13.1. The molecule has 6 heteroatoms. The van der Waals surface area contributed by atoms with Gasteiger partial charge in [-0.25, -0.2) is 4.39 Å². The predicted molar refractivity (Wildman–Crippen MR) is 67.8 cm³/mol. The van der Waals surface area contributed by atoms with Gasteiger partial charge in [-0.05, 0) is 29.8 Å². The van der Waals surface area contributed by atoms with Gasteiger partial charge < -0.3 is 10.5 Å². The summed E-state index contributed by atoms with van der Waals surface area (Å²) < 4.78 is 53.8. The van der Waals surface area contributed by atoms with Crippen molar-refractivity contribution in [3.05, 3.63) is 48.3 Å². The SMILES string of the molecule is Nc1cc(OCC(F)(F)F)ccc1-c1cccc(F)c1. The van der Waals surface area contributed by atoms with Crippen molar-refractivity contribution >= 4 is 5.69 Å². The van der Waals surface area contributed by atoms with Crippen LogP contribution in [0.25, 0.3) is 11.1 Å². The molecule has 2 nitrogen and oxygen atoms in total. The number of anilines is 1. The normalized spacial score (nSPS) is 11.4. The lowest BCUT2D eigenvalue weighted by molar-refractivity contribution is -0.153. The highest BCUT2D eigenvalue weighted by atomic mass is 19.4. The van der Waals surface area contributed by atoms with Crippen LogP contribution < -0.4 is 10.5 Å². The van der Waals surface area contributed by atoms with Gasteiger partial charge in [0.05, 0.1) is 0 Å². The summed E-state index contributed by atoms with van der Waals surface area (Å²) in [5.74, 6) is -0.403. The molecule has 0 heterocycles. The van der Waals surface area contributed by atoms with Crippen LogP contribution in [0.3, 0.4) is 0 Å². The zero-order valence-corrected chi connectivity index (χ0v) is 10.2. The molecule has 0 radical (unpaired) electrons. The summed E-state index contributed by atoms with van der Waals surface area (Å²) in [4.78, 5) is 0. The molecule has 0 aliphatic heterocycles. The Morgan fingerprint density at radius 2 is 1.80 bits per heavy atom. The highest BCUT2D eigenvalue weighted by Gasteiger charge is 2.28. The maximum Gasteiger partial charge on any atom is 0.422 e. The van der Waals surface area contributed by atoms with Crippen LogP contribution in [-0.4, -0.2) is 12.8 Å². The van der Waals surface area contributed by atoms with E-state index in [4.69, 9.17) is 5.73 Å². The molecule has 0 aliphatic carbocycles. The van der Waals surface area contributed by atoms with Gasteiger partial charge >= 0.3 is 6.18 Å². The summed E-state index contributed by atoms with van der Waals surface area (Å²) in [5, 5.41) is 0. The zero-order valence-electron chi connectivity index (χ0n) is 10.2. The van der Waals surface area contributed by atoms with E-state index in [1.807, 2.05) is 0 Å². The molecule has 2 rings (SSSR count). The van der Waals surface area contributed by atoms with Crippen molar-refractivity contribution in [3.8, 4) is 16.9 Å². The van der Waals surface area contributed by atoms with Crippen LogP contribution in [0, 0.1) is 5.82 Å². The molecule has 0 spiro atoms. The minimum Gasteiger partial charge on any atom is -0.484 e. The highest BCUT2D eigenvalue weighted by Crippen LogP contribution is 2.30. The Labute approximate surface area is 112 Å². The molecular weight excluding hydrogens is 274 g/mol. The second-order valence-corrected chi connectivity index (χ2v) is 4.16. The number of nitrogens with two attached hydrogens (primary N) is 1. The molecule has 0 aromatic heterocycles. The van der Waals surface area contributed by atoms with E-state index in [0.717, 1.165) is 0 Å². The standard InChI is InChI=1S/C14H11F4NO/c15-10-3-1-2-9(6-10)12-5-4-11(7-13(12)19)20-8-14(16,17)18/h1-7H,8,19H2. The molecule has 2 aromatic rings. The fourth-order valence-corrected chi connectivity index (χ4v) is 1.71. The van der Waals surface area contributed by atoms with Crippen LogP contribution in [0.4, 0.5) is 23.2 Å². The van der Waals surface area contributed by atoms with Crippen LogP contribution in [0.1, 0.15) is 0 Å². The monoisotopic (exact) mass is 285 g/mol. The van der Waals surface area contributed by atoms with Gasteiger partial charge in [-0.3, -0.25) is 0 Å². The first-order chi connectivity index (χ1) is 9.35. The van der Waals surface area contributed by atoms with E-state index in [1.165, 1.54) is 36.4 Å². The number of halogens is 4. The summed E-state index contributed by atoms with van der Waals surface area (Å²) in [7, 11) is 0. The molecule has 20 heavy (non-hydrogen) atoms. The van der Waals surface area contributed by atoms with Gasteiger partial charge in [-0.15, -0.1) is 0 Å². The predicted octanol–water partition coefficient (Wildman–Crippen LogP) is 4.02. The summed E-state index contributed by atoms with van der Waals surface area (Å²) >= 11 is 0. The molecule has 0 bridgehead atoms. The first-order valence-corrected chi connectivity index (χ1v) is 5.70. The van der Waals surface area contributed by atoms with Gasteiger partial charge in [0.2, 0.25) is 0 Å². The largest absolute Gasteiger partial charge is 0.484 e. The van der Waals surface area contributed by atoms with E-state index >= 15 is 0 Å². The average Bonchev–Trinajstić information content (AvgIpc) is 2.35. The van der Waals surface area contributed by atoms with Crippen molar-refractivity contribution in [1.82, 2.24) is 0 Å². The van der Waals surface area contributed by atoms with E-state index in [1.54, 1.807) is 6.07 Å². The number of alkyl halides is 3. The van der Waals surface area contributed by atoms with Crippen LogP contribution in [0.5, 0.6) is 5.75 Å². The number of ether oxygens (including phenoxy) is 1. The van der Waals surface area contributed by atoms with Gasteiger partial charge in [-0.2, -0.15) is 13.2 Å². The summed E-state index contributed by atoms with van der Waals surface area (Å²) in [5.41, 5.74) is 7.05. The van der Waals surface area contributed by atoms with Crippen molar-refractivity contribution < 1.29 is 22.3 Å². The minimum absolute atomic E-state index is 0.0139. The Morgan fingerprint density at radius 3 is 2.40 bits per heavy atom. The van der Waals surface area contributed by atoms with Crippen molar-refractivity contribution in [3.63, 3.8) is 0 Å². The maximum atomic E-state index is 13.1. The fourth-order valence-electron chi connectivity index (χ4n) is 1.71. The van der Waals surface area contributed by atoms with E-state index in [2.05, 4.69) is 4.74 Å². The third-order valence-corrected chi connectivity index (χ3v) is 2.56. The van der Waals surface area contributed by atoms with Crippen molar-refractivity contribution in [2.45, 2.75) is 6.18 Å². The van der Waals surface area contributed by atoms with Crippen LogP contribution in [0.15, 0.2) is 42.5 Å². The van der Waals surface area contributed by atoms with Gasteiger partial charge in [0.1, 0.15) is 11.6 Å². The van der Waals surface area contributed by atoms with E-state index in [0.29, 0.717) is 11.1 Å². The number of hydrogen-bond acceptors (Lipinski definition) is 2. The molecule has 0 aliphatic rings. The van der Waals surface area contributed by atoms with Crippen molar-refractivity contribution in [2.24, 2.45) is 0 Å². The molecule has 0 amide bonds. The number of benzene rings is 2. The van der Waals surface area contributed by atoms with Gasteiger partial charge in [-0.1, -0.05) is 12.1 Å². The molecule has 0 unspecified atom stereocenters. The third-order valence-electron chi connectivity index (χ3n) is 2.56. The van der Waals surface area contributed by atoms with E-state index in [9.17, 15) is 17.6 Å². The Hall–Kier alpha value is -2.24. The highest BCUT2D eigenvalue weighted by molar-refractivity contribution is 5.77. The van der Waals surface area contributed by atoms with Crippen molar-refractivity contribution in [1.29, 1.82) is 0 Å². The lowest BCUT2D eigenvalue weighted by Crippen LogP contribution is -2.19. The first-order valence-electron chi connectivity index (χ1n) is 5.70. The van der Waals surface area contributed by atoms with Gasteiger partial charge in [0, 0.05) is 17.3 Å². The number of rotatable bonds is 3. The minimum atomic E-state index is -4.41. The average molecular weight is 285 g/mol. The number of hydrogen-bond donors (Lipinski definition) is 1. The van der Waals surface area contributed by atoms with Crippen LogP contribution in [-0.2, 0) is 0 Å². The third kappa shape index (κ3) is 3.63. The molecular formula is C14H11F4NO. The first kappa shape index (κ1) is 14.2. The molecule has 0 atom stereocenters. The van der Waals surface area contributed by atoms with E-state index in [-0.39, 0.29) is 11.4 Å². The Kier molecular flexibility index (Phi) is 3.83. The molecule has 0 fully saturated rings. The summed E-state index contributed by atoms with van der Waals surface area (Å²) in [6.45, 7) is -1.38. The lowest BCUT2D eigenvalue weighted by atomic mass is 10.0. The molecule has 0 saturated heterocycles. The topological polar surface area (TPSA) is 35.2 Å². The molecule has 2 N–H and O–H groups in total. The van der Waals surface area contributed by atoms with Crippen LogP contribution >= 0.6 is 0 Å². The second kappa shape index (κ2) is 5.40. The van der Waals surface area contributed by atoms with Crippen LogP contribution in [0.2, 0.25) is 0 Å². The van der Waals surface area contributed by atoms with Crippen molar-refractivity contribution in [2.75, 3.05) is 12.3 Å². The Bertz CT molecular complexity index is 610. The molecule has 106 valence electrons. The quantitative estimate of drug-likeness (QED) is 0.683. The zero-order chi connectivity index (χ0) is 14.8. The summed E-state index contributed by atoms with van der Waals surface area (Å²) in [6, 6.07) is 9.91. The van der Waals surface area contributed by atoms with E-state index < -0.39 is 18.6 Å². The fraction of sp³-hybridized carbons (Fsp3) is 0.143. The molecule has 2 aromatic carbocycles. The number of nitrogen functional groups attached to an aromatic ring is 1. The smallest absolute Gasteiger partial charge is 0.422 e. The Morgan fingerprint density at radius 1 is 1.05 bits per heavy atom. The Balaban J connectivity index is 2.22. The molecule has 0 saturated carbocycles.